The monoisotopic (exact) mass is 517 g/mol. The summed E-state index contributed by atoms with van der Waals surface area (Å²) in [5, 5.41) is 5.42. The highest BCUT2D eigenvalue weighted by molar-refractivity contribution is 7.99. The Hall–Kier alpha value is -2.51. The normalized spacial score (nSPS) is 11.0. The number of halogens is 3. The molecule has 1 N–H and O–H groups in total. The number of nitrogens with one attached hydrogen (secondary N) is 1. The van der Waals surface area contributed by atoms with E-state index in [1.807, 2.05) is 12.1 Å². The van der Waals surface area contributed by atoms with E-state index in [2.05, 4.69) is 10.3 Å². The first-order valence-corrected chi connectivity index (χ1v) is 12.2. The fraction of sp³-hybridized carbons (Fsp3) is 0.125. The number of thioether (sulfide) groups is 1. The molecule has 9 heteroatoms. The summed E-state index contributed by atoms with van der Waals surface area (Å²) in [6.07, 6.45) is 0.577. The van der Waals surface area contributed by atoms with E-state index in [1.165, 1.54) is 16.3 Å². The Bertz CT molecular complexity index is 1390. The van der Waals surface area contributed by atoms with Crippen LogP contribution < -0.4 is 10.9 Å². The van der Waals surface area contributed by atoms with Crippen LogP contribution >= 0.6 is 46.6 Å². The number of benzene rings is 3. The van der Waals surface area contributed by atoms with Gasteiger partial charge < -0.3 is 5.32 Å². The van der Waals surface area contributed by atoms with E-state index in [0.717, 1.165) is 5.56 Å². The zero-order chi connectivity index (χ0) is 23.4. The van der Waals surface area contributed by atoms with Gasteiger partial charge in [-0.05, 0) is 54.4 Å². The Morgan fingerprint density at radius 1 is 0.970 bits per heavy atom. The summed E-state index contributed by atoms with van der Waals surface area (Å²) in [5.74, 6) is -0.0789. The lowest BCUT2D eigenvalue weighted by Crippen LogP contribution is -2.28. The number of rotatable bonds is 7. The van der Waals surface area contributed by atoms with Gasteiger partial charge >= 0.3 is 0 Å². The smallest absolute Gasteiger partial charge is 0.266 e. The number of amides is 1. The number of carbonyl (C=O) groups excluding carboxylic acids is 1. The van der Waals surface area contributed by atoms with Gasteiger partial charge in [0.2, 0.25) is 5.91 Å². The molecule has 4 rings (SSSR count). The van der Waals surface area contributed by atoms with E-state index >= 15 is 0 Å². The van der Waals surface area contributed by atoms with E-state index < -0.39 is 0 Å². The van der Waals surface area contributed by atoms with E-state index in [0.29, 0.717) is 49.8 Å². The summed E-state index contributed by atoms with van der Waals surface area (Å²) in [6.45, 7) is 0.424. The molecule has 3 aromatic carbocycles. The van der Waals surface area contributed by atoms with Crippen LogP contribution in [0.25, 0.3) is 16.6 Å². The Labute approximate surface area is 209 Å². The number of aromatic nitrogens is 2. The summed E-state index contributed by atoms with van der Waals surface area (Å²) in [4.78, 5) is 30.3. The number of nitrogens with zero attached hydrogens (tertiary/aromatic N) is 2. The maximum Gasteiger partial charge on any atom is 0.266 e. The summed E-state index contributed by atoms with van der Waals surface area (Å²) < 4.78 is 1.49. The van der Waals surface area contributed by atoms with Crippen LogP contribution in [-0.2, 0) is 11.2 Å². The highest BCUT2D eigenvalue weighted by atomic mass is 35.5. The van der Waals surface area contributed by atoms with Crippen LogP contribution in [0.5, 0.6) is 0 Å². The topological polar surface area (TPSA) is 64.0 Å². The number of fused-ring (bicyclic) bond motifs is 1. The number of hydrogen-bond acceptors (Lipinski definition) is 4. The van der Waals surface area contributed by atoms with Gasteiger partial charge in [-0.15, -0.1) is 0 Å². The van der Waals surface area contributed by atoms with Gasteiger partial charge in [-0.25, -0.2) is 4.98 Å². The van der Waals surface area contributed by atoms with Crippen LogP contribution in [0.15, 0.2) is 76.7 Å². The number of para-hydroxylation sites is 1. The molecule has 5 nitrogen and oxygen atoms in total. The van der Waals surface area contributed by atoms with Crippen LogP contribution in [0.3, 0.4) is 0 Å². The van der Waals surface area contributed by atoms with Gasteiger partial charge in [-0.2, -0.15) is 0 Å². The van der Waals surface area contributed by atoms with Crippen molar-refractivity contribution in [2.75, 3.05) is 12.3 Å². The van der Waals surface area contributed by atoms with Gasteiger partial charge in [0, 0.05) is 21.6 Å². The lowest BCUT2D eigenvalue weighted by Gasteiger charge is -2.13. The van der Waals surface area contributed by atoms with Crippen LogP contribution in [0, 0.1) is 0 Å². The summed E-state index contributed by atoms with van der Waals surface area (Å²) >= 11 is 19.4. The molecular formula is C24H18Cl3N3O2S. The first-order chi connectivity index (χ1) is 15.9. The van der Waals surface area contributed by atoms with Crippen molar-refractivity contribution in [2.24, 2.45) is 0 Å². The molecule has 0 aliphatic carbocycles. The number of carbonyl (C=O) groups is 1. The molecule has 0 atom stereocenters. The molecule has 0 aliphatic rings. The van der Waals surface area contributed by atoms with Gasteiger partial charge in [-0.1, -0.05) is 70.8 Å². The Kier molecular flexibility index (Phi) is 7.60. The Balaban J connectivity index is 1.51. The standard InChI is InChI=1S/C24H18Cl3N3O2S/c25-16-4-3-5-18(12-16)30-23(32)19-6-1-2-7-21(19)29-24(30)33-14-22(31)28-11-10-15-8-9-17(26)13-20(15)27/h1-9,12-13H,10-11,14H2,(H,28,31). The maximum atomic E-state index is 13.2. The van der Waals surface area contributed by atoms with Gasteiger partial charge in [0.15, 0.2) is 5.16 Å². The highest BCUT2D eigenvalue weighted by Crippen LogP contribution is 2.23. The van der Waals surface area contributed by atoms with E-state index in [1.54, 1.807) is 54.6 Å². The minimum atomic E-state index is -0.219. The van der Waals surface area contributed by atoms with Crippen molar-refractivity contribution in [1.82, 2.24) is 14.9 Å². The molecule has 0 spiro atoms. The summed E-state index contributed by atoms with van der Waals surface area (Å²) in [7, 11) is 0. The fourth-order valence-electron chi connectivity index (χ4n) is 3.29. The Morgan fingerprint density at radius 3 is 2.55 bits per heavy atom. The maximum absolute atomic E-state index is 13.2. The van der Waals surface area contributed by atoms with E-state index in [4.69, 9.17) is 34.8 Å². The molecule has 4 aromatic rings. The second-order valence-electron chi connectivity index (χ2n) is 7.16. The average Bonchev–Trinajstić information content (AvgIpc) is 2.79. The third kappa shape index (κ3) is 5.71. The molecule has 0 unspecified atom stereocenters. The van der Waals surface area contributed by atoms with Crippen LogP contribution in [0.2, 0.25) is 15.1 Å². The summed E-state index contributed by atoms with van der Waals surface area (Å²) in [6, 6.07) is 19.4. The molecule has 0 bridgehead atoms. The molecule has 0 fully saturated rings. The number of hydrogen-bond donors (Lipinski definition) is 1. The molecule has 0 radical (unpaired) electrons. The van der Waals surface area contributed by atoms with Crippen molar-refractivity contribution >= 4 is 63.4 Å². The zero-order valence-corrected chi connectivity index (χ0v) is 20.3. The van der Waals surface area contributed by atoms with Crippen molar-refractivity contribution < 1.29 is 4.79 Å². The molecular weight excluding hydrogens is 501 g/mol. The van der Waals surface area contributed by atoms with Gasteiger partial charge in [0.25, 0.3) is 5.56 Å². The van der Waals surface area contributed by atoms with Gasteiger partial charge in [-0.3, -0.25) is 14.2 Å². The molecule has 1 heterocycles. The predicted octanol–water partition coefficient (Wildman–Crippen LogP) is 5.80. The minimum Gasteiger partial charge on any atom is -0.355 e. The molecule has 168 valence electrons. The molecule has 1 amide bonds. The Morgan fingerprint density at radius 2 is 1.76 bits per heavy atom. The van der Waals surface area contributed by atoms with Gasteiger partial charge in [0.05, 0.1) is 22.3 Å². The van der Waals surface area contributed by atoms with Crippen molar-refractivity contribution in [2.45, 2.75) is 11.6 Å². The molecule has 1 aromatic heterocycles. The summed E-state index contributed by atoms with van der Waals surface area (Å²) in [5.41, 5.74) is 1.84. The quantitative estimate of drug-likeness (QED) is 0.248. The first-order valence-electron chi connectivity index (χ1n) is 10.0. The molecule has 0 saturated carbocycles. The van der Waals surface area contributed by atoms with E-state index in [-0.39, 0.29) is 17.2 Å². The predicted molar refractivity (Wildman–Crippen MR) is 136 cm³/mol. The van der Waals surface area contributed by atoms with Crippen LogP contribution in [0.1, 0.15) is 5.56 Å². The van der Waals surface area contributed by atoms with Crippen molar-refractivity contribution in [3.05, 3.63) is 97.7 Å². The van der Waals surface area contributed by atoms with Crippen molar-refractivity contribution in [1.29, 1.82) is 0 Å². The minimum absolute atomic E-state index is 0.0969. The third-order valence-corrected chi connectivity index (χ3v) is 6.64. The van der Waals surface area contributed by atoms with Crippen molar-refractivity contribution in [3.63, 3.8) is 0 Å². The van der Waals surface area contributed by atoms with E-state index in [9.17, 15) is 9.59 Å². The third-order valence-electron chi connectivity index (χ3n) is 4.88. The van der Waals surface area contributed by atoms with Crippen molar-refractivity contribution in [3.8, 4) is 5.69 Å². The van der Waals surface area contributed by atoms with Gasteiger partial charge in [0.1, 0.15) is 0 Å². The zero-order valence-electron chi connectivity index (χ0n) is 17.2. The molecule has 0 aliphatic heterocycles. The fourth-order valence-corrected chi connectivity index (χ4v) is 4.82. The SMILES string of the molecule is O=C(CSc1nc2ccccc2c(=O)n1-c1cccc(Cl)c1)NCCc1ccc(Cl)cc1Cl. The van der Waals surface area contributed by atoms with Crippen LogP contribution in [-0.4, -0.2) is 27.8 Å². The second-order valence-corrected chi connectivity index (χ2v) is 9.38. The average molecular weight is 519 g/mol. The second kappa shape index (κ2) is 10.6. The molecule has 0 saturated heterocycles. The lowest BCUT2D eigenvalue weighted by atomic mass is 10.1. The van der Waals surface area contributed by atoms with Crippen LogP contribution in [0.4, 0.5) is 0 Å². The molecule has 33 heavy (non-hydrogen) atoms. The lowest BCUT2D eigenvalue weighted by molar-refractivity contribution is -0.118. The first kappa shape index (κ1) is 23.6. The largest absolute Gasteiger partial charge is 0.355 e. The highest BCUT2D eigenvalue weighted by Gasteiger charge is 2.15.